The predicted octanol–water partition coefficient (Wildman–Crippen LogP) is 4.18. The van der Waals surface area contributed by atoms with E-state index in [0.717, 1.165) is 48.1 Å². The number of carbonyl (C=O) groups excluding carboxylic acids is 2. The summed E-state index contributed by atoms with van der Waals surface area (Å²) in [4.78, 5) is 35.4. The van der Waals surface area contributed by atoms with E-state index in [0.29, 0.717) is 30.4 Å². The molecule has 1 atom stereocenters. The molecule has 7 nitrogen and oxygen atoms in total. The number of hydrogen-bond acceptors (Lipinski definition) is 3. The average Bonchev–Trinajstić information content (AvgIpc) is 3.49. The number of piperidine rings is 1. The summed E-state index contributed by atoms with van der Waals surface area (Å²) in [6.45, 7) is 3.27. The number of fused-ring (bicyclic) bond motifs is 1. The van der Waals surface area contributed by atoms with Crippen LogP contribution < -0.4 is 10.6 Å². The highest BCUT2D eigenvalue weighted by atomic mass is 16.2. The van der Waals surface area contributed by atoms with Crippen molar-refractivity contribution in [1.82, 2.24) is 20.2 Å². The highest BCUT2D eigenvalue weighted by Crippen LogP contribution is 2.28. The smallest absolute Gasteiger partial charge is 0.321 e. The van der Waals surface area contributed by atoms with Crippen LogP contribution >= 0.6 is 0 Å². The molecular formula is C24H27N5O2. The van der Waals surface area contributed by atoms with E-state index < -0.39 is 0 Å². The first-order valence-corrected chi connectivity index (χ1v) is 11.0. The Labute approximate surface area is 181 Å². The molecule has 0 radical (unpaired) electrons. The van der Waals surface area contributed by atoms with Gasteiger partial charge in [-0.2, -0.15) is 0 Å². The number of likely N-dealkylation sites (tertiary alicyclic amines) is 1. The third kappa shape index (κ3) is 4.26. The maximum atomic E-state index is 13.0. The van der Waals surface area contributed by atoms with Gasteiger partial charge in [-0.3, -0.25) is 4.79 Å². The molecule has 3 aromatic rings. The molecule has 1 unspecified atom stereocenters. The van der Waals surface area contributed by atoms with E-state index in [2.05, 4.69) is 15.6 Å². The fourth-order valence-corrected chi connectivity index (χ4v) is 4.14. The predicted molar refractivity (Wildman–Crippen MR) is 120 cm³/mol. The minimum absolute atomic E-state index is 0.0825. The third-order valence-corrected chi connectivity index (χ3v) is 6.16. The quantitative estimate of drug-likeness (QED) is 0.595. The van der Waals surface area contributed by atoms with Gasteiger partial charge in [-0.05, 0) is 62.4 Å². The van der Waals surface area contributed by atoms with Gasteiger partial charge in [-0.25, -0.2) is 9.78 Å². The van der Waals surface area contributed by atoms with Gasteiger partial charge in [-0.15, -0.1) is 0 Å². The number of aromatic nitrogens is 2. The molecule has 31 heavy (non-hydrogen) atoms. The summed E-state index contributed by atoms with van der Waals surface area (Å²) in [5, 5.41) is 6.02. The number of carbonyl (C=O) groups is 2. The number of aromatic amines is 1. The number of urea groups is 1. The first kappa shape index (κ1) is 19.6. The second-order valence-electron chi connectivity index (χ2n) is 8.63. The van der Waals surface area contributed by atoms with Crippen LogP contribution in [0.4, 0.5) is 10.5 Å². The van der Waals surface area contributed by atoms with Gasteiger partial charge in [0.25, 0.3) is 5.91 Å². The topological polar surface area (TPSA) is 90.1 Å². The molecule has 2 fully saturated rings. The molecule has 1 aliphatic carbocycles. The molecule has 3 N–H and O–H groups in total. The number of rotatable bonds is 4. The van der Waals surface area contributed by atoms with Crippen LogP contribution in [0.5, 0.6) is 0 Å². The van der Waals surface area contributed by atoms with Crippen LogP contribution in [-0.2, 0) is 0 Å². The number of anilines is 1. The monoisotopic (exact) mass is 417 g/mol. The normalized spacial score (nSPS) is 18.7. The van der Waals surface area contributed by atoms with Crippen molar-refractivity contribution < 1.29 is 9.59 Å². The molecule has 1 saturated heterocycles. The van der Waals surface area contributed by atoms with E-state index in [1.807, 2.05) is 42.2 Å². The Bertz CT molecular complexity index is 1100. The van der Waals surface area contributed by atoms with Crippen LogP contribution in [0.3, 0.4) is 0 Å². The zero-order chi connectivity index (χ0) is 21.4. The molecule has 5 rings (SSSR count). The van der Waals surface area contributed by atoms with E-state index in [1.54, 1.807) is 12.1 Å². The second kappa shape index (κ2) is 8.06. The maximum Gasteiger partial charge on any atom is 0.321 e. The SMILES string of the molecule is Cc1ccc(C(=O)NC2CC2)cc1NC(=O)N1CCCC(c2nc3ccccc3[nH]2)C1. The van der Waals surface area contributed by atoms with Gasteiger partial charge in [0.1, 0.15) is 5.82 Å². The van der Waals surface area contributed by atoms with E-state index >= 15 is 0 Å². The molecule has 2 aliphatic rings. The average molecular weight is 418 g/mol. The molecule has 3 amide bonds. The Morgan fingerprint density at radius 1 is 1.13 bits per heavy atom. The van der Waals surface area contributed by atoms with E-state index in [9.17, 15) is 9.59 Å². The highest BCUT2D eigenvalue weighted by molar-refractivity contribution is 5.97. The zero-order valence-corrected chi connectivity index (χ0v) is 17.6. The van der Waals surface area contributed by atoms with Crippen molar-refractivity contribution in [2.24, 2.45) is 0 Å². The Morgan fingerprint density at radius 2 is 1.97 bits per heavy atom. The number of H-pyrrole nitrogens is 1. The first-order valence-electron chi connectivity index (χ1n) is 11.0. The van der Waals surface area contributed by atoms with Crippen LogP contribution in [0, 0.1) is 6.92 Å². The van der Waals surface area contributed by atoms with Crippen molar-refractivity contribution in [3.63, 3.8) is 0 Å². The van der Waals surface area contributed by atoms with Crippen LogP contribution in [-0.4, -0.2) is 45.9 Å². The standard InChI is InChI=1S/C24H27N5O2/c1-15-8-9-16(23(30)25-18-10-11-18)13-21(15)28-24(31)29-12-4-5-17(14-29)22-26-19-6-2-3-7-20(19)27-22/h2-3,6-9,13,17-18H,4-5,10-12,14H2,1H3,(H,25,30)(H,26,27)(H,28,31). The fraction of sp³-hybridized carbons (Fsp3) is 0.375. The number of imidazole rings is 1. The van der Waals surface area contributed by atoms with Crippen molar-refractivity contribution >= 4 is 28.7 Å². The molecule has 1 aliphatic heterocycles. The summed E-state index contributed by atoms with van der Waals surface area (Å²) >= 11 is 0. The van der Waals surface area contributed by atoms with E-state index in [-0.39, 0.29) is 17.9 Å². The number of aryl methyl sites for hydroxylation is 1. The Kier molecular flexibility index (Phi) is 5.10. The molecule has 1 saturated carbocycles. The first-order chi connectivity index (χ1) is 15.1. The lowest BCUT2D eigenvalue weighted by molar-refractivity contribution is 0.0951. The zero-order valence-electron chi connectivity index (χ0n) is 17.6. The van der Waals surface area contributed by atoms with Crippen molar-refractivity contribution in [3.05, 3.63) is 59.4 Å². The molecule has 7 heteroatoms. The number of benzene rings is 2. The Balaban J connectivity index is 1.28. The number of nitrogens with one attached hydrogen (secondary N) is 3. The lowest BCUT2D eigenvalue weighted by atomic mass is 9.97. The van der Waals surface area contributed by atoms with Gasteiger partial charge >= 0.3 is 6.03 Å². The summed E-state index contributed by atoms with van der Waals surface area (Å²) in [6, 6.07) is 13.6. The molecular weight excluding hydrogens is 390 g/mol. The van der Waals surface area contributed by atoms with E-state index in [1.165, 1.54) is 0 Å². The van der Waals surface area contributed by atoms with Crippen molar-refractivity contribution in [1.29, 1.82) is 0 Å². The molecule has 160 valence electrons. The highest BCUT2D eigenvalue weighted by Gasteiger charge is 2.27. The van der Waals surface area contributed by atoms with Crippen LogP contribution in [0.15, 0.2) is 42.5 Å². The lowest BCUT2D eigenvalue weighted by Crippen LogP contribution is -2.42. The maximum absolute atomic E-state index is 13.0. The van der Waals surface area contributed by atoms with Gasteiger partial charge in [0.15, 0.2) is 0 Å². The Hall–Kier alpha value is -3.35. The Morgan fingerprint density at radius 3 is 2.77 bits per heavy atom. The van der Waals surface area contributed by atoms with Crippen molar-refractivity contribution in [3.8, 4) is 0 Å². The molecule has 1 aromatic heterocycles. The summed E-state index contributed by atoms with van der Waals surface area (Å²) in [5.74, 6) is 1.04. The summed E-state index contributed by atoms with van der Waals surface area (Å²) in [7, 11) is 0. The largest absolute Gasteiger partial charge is 0.349 e. The fourth-order valence-electron chi connectivity index (χ4n) is 4.14. The number of hydrogen-bond donors (Lipinski definition) is 3. The third-order valence-electron chi connectivity index (χ3n) is 6.16. The van der Waals surface area contributed by atoms with Crippen molar-refractivity contribution in [2.45, 2.75) is 44.6 Å². The van der Waals surface area contributed by atoms with E-state index in [4.69, 9.17) is 4.98 Å². The minimum Gasteiger partial charge on any atom is -0.349 e. The minimum atomic E-state index is -0.135. The van der Waals surface area contributed by atoms with Gasteiger partial charge in [0.05, 0.1) is 11.0 Å². The molecule has 2 aromatic carbocycles. The summed E-state index contributed by atoms with van der Waals surface area (Å²) in [5.41, 5.74) is 4.17. The summed E-state index contributed by atoms with van der Waals surface area (Å²) < 4.78 is 0. The van der Waals surface area contributed by atoms with Gasteiger partial charge < -0.3 is 20.5 Å². The molecule has 0 bridgehead atoms. The number of amides is 3. The van der Waals surface area contributed by atoms with Crippen LogP contribution in [0.25, 0.3) is 11.0 Å². The molecule has 2 heterocycles. The van der Waals surface area contributed by atoms with Crippen molar-refractivity contribution in [2.75, 3.05) is 18.4 Å². The number of nitrogens with zero attached hydrogens (tertiary/aromatic N) is 2. The molecule has 0 spiro atoms. The summed E-state index contributed by atoms with van der Waals surface area (Å²) in [6.07, 6.45) is 4.02. The van der Waals surface area contributed by atoms with Gasteiger partial charge in [0.2, 0.25) is 0 Å². The second-order valence-corrected chi connectivity index (χ2v) is 8.63. The van der Waals surface area contributed by atoms with Crippen LogP contribution in [0.2, 0.25) is 0 Å². The number of para-hydroxylation sites is 2. The lowest BCUT2D eigenvalue weighted by Gasteiger charge is -2.32. The van der Waals surface area contributed by atoms with Crippen LogP contribution in [0.1, 0.15) is 53.3 Å². The van der Waals surface area contributed by atoms with Gasteiger partial charge in [-0.1, -0.05) is 18.2 Å². The van der Waals surface area contributed by atoms with Gasteiger partial charge in [0, 0.05) is 36.3 Å².